The molecule has 0 aromatic heterocycles. The van der Waals surface area contributed by atoms with Crippen molar-refractivity contribution in [2.75, 3.05) is 19.6 Å². The van der Waals surface area contributed by atoms with Gasteiger partial charge >= 0.3 is 0 Å². The van der Waals surface area contributed by atoms with E-state index in [-0.39, 0.29) is 0 Å². The maximum absolute atomic E-state index is 6.26. The van der Waals surface area contributed by atoms with Crippen molar-refractivity contribution in [3.63, 3.8) is 0 Å². The Balaban J connectivity index is 1.71. The molecule has 2 saturated carbocycles. The highest BCUT2D eigenvalue weighted by atomic mass is 15.2. The smallest absolute Gasteiger partial charge is 0.0334 e. The predicted octanol–water partition coefficient (Wildman–Crippen LogP) is 3.02. The molecule has 18 heavy (non-hydrogen) atoms. The average Bonchev–Trinajstić information content (AvgIpc) is 3.23. The van der Waals surface area contributed by atoms with E-state index in [1.54, 1.807) is 0 Å². The first-order valence-corrected chi connectivity index (χ1v) is 8.19. The molecule has 2 heteroatoms. The van der Waals surface area contributed by atoms with Crippen LogP contribution in [0.15, 0.2) is 0 Å². The summed E-state index contributed by atoms with van der Waals surface area (Å²) in [7, 11) is 0. The van der Waals surface area contributed by atoms with Crippen molar-refractivity contribution in [3.8, 4) is 0 Å². The number of hydrogen-bond acceptors (Lipinski definition) is 2. The molecule has 3 unspecified atom stereocenters. The van der Waals surface area contributed by atoms with Gasteiger partial charge in [-0.3, -0.25) is 4.90 Å². The Labute approximate surface area is 112 Å². The lowest BCUT2D eigenvalue weighted by Gasteiger charge is -2.51. The van der Waals surface area contributed by atoms with Crippen molar-refractivity contribution in [1.82, 2.24) is 4.90 Å². The normalized spacial score (nSPS) is 43.0. The number of rotatable bonds is 3. The van der Waals surface area contributed by atoms with Crippen molar-refractivity contribution in [1.29, 1.82) is 0 Å². The fourth-order valence-corrected chi connectivity index (χ4v) is 4.58. The monoisotopic (exact) mass is 250 g/mol. The van der Waals surface area contributed by atoms with Crippen molar-refractivity contribution in [3.05, 3.63) is 0 Å². The van der Waals surface area contributed by atoms with Crippen LogP contribution in [0.3, 0.4) is 0 Å². The summed E-state index contributed by atoms with van der Waals surface area (Å²) in [6, 6.07) is 0. The standard InChI is InChI=1S/C16H30N2/c1-13-4-3-9-18(11-13)16(12-17)8-2-5-15(10-16)14-6-7-14/h13-15H,2-12,17H2,1H3. The van der Waals surface area contributed by atoms with Crippen LogP contribution in [0, 0.1) is 17.8 Å². The number of likely N-dealkylation sites (tertiary alicyclic amines) is 1. The van der Waals surface area contributed by atoms with Crippen LogP contribution in [0.1, 0.15) is 58.3 Å². The summed E-state index contributed by atoms with van der Waals surface area (Å²) in [5.74, 6) is 2.95. The van der Waals surface area contributed by atoms with E-state index < -0.39 is 0 Å². The van der Waals surface area contributed by atoms with Gasteiger partial charge in [0.1, 0.15) is 0 Å². The zero-order chi connectivity index (χ0) is 12.6. The fraction of sp³-hybridized carbons (Fsp3) is 1.00. The van der Waals surface area contributed by atoms with Gasteiger partial charge in [-0.2, -0.15) is 0 Å². The van der Waals surface area contributed by atoms with E-state index in [2.05, 4.69) is 11.8 Å². The summed E-state index contributed by atoms with van der Waals surface area (Å²) in [5.41, 5.74) is 6.63. The van der Waals surface area contributed by atoms with E-state index in [1.165, 1.54) is 64.5 Å². The molecule has 104 valence electrons. The van der Waals surface area contributed by atoms with E-state index in [0.717, 1.165) is 24.3 Å². The maximum atomic E-state index is 6.26. The molecule has 0 amide bonds. The van der Waals surface area contributed by atoms with Gasteiger partial charge in [-0.1, -0.05) is 19.8 Å². The third kappa shape index (κ3) is 2.46. The molecule has 1 saturated heterocycles. The molecule has 1 heterocycles. The second-order valence-electron chi connectivity index (χ2n) is 7.32. The van der Waals surface area contributed by atoms with E-state index in [0.29, 0.717) is 5.54 Å². The molecule has 0 aromatic carbocycles. The molecule has 1 aliphatic heterocycles. The largest absolute Gasteiger partial charge is 0.329 e. The lowest BCUT2D eigenvalue weighted by molar-refractivity contribution is 0.00356. The fourth-order valence-electron chi connectivity index (χ4n) is 4.58. The minimum Gasteiger partial charge on any atom is -0.329 e. The molecular weight excluding hydrogens is 220 g/mol. The summed E-state index contributed by atoms with van der Waals surface area (Å²) in [6.07, 6.45) is 11.5. The second-order valence-corrected chi connectivity index (χ2v) is 7.32. The quantitative estimate of drug-likeness (QED) is 0.834. The van der Waals surface area contributed by atoms with Crippen LogP contribution in [-0.2, 0) is 0 Å². The van der Waals surface area contributed by atoms with Crippen molar-refractivity contribution in [2.45, 2.75) is 63.8 Å². The van der Waals surface area contributed by atoms with Crippen LogP contribution >= 0.6 is 0 Å². The van der Waals surface area contributed by atoms with Gasteiger partial charge in [0.2, 0.25) is 0 Å². The first-order chi connectivity index (χ1) is 8.73. The van der Waals surface area contributed by atoms with Crippen molar-refractivity contribution < 1.29 is 0 Å². The molecular formula is C16H30N2. The minimum atomic E-state index is 0.375. The lowest BCUT2D eigenvalue weighted by Crippen LogP contribution is -2.59. The molecule has 3 fully saturated rings. The van der Waals surface area contributed by atoms with Crippen molar-refractivity contribution in [2.24, 2.45) is 23.5 Å². The lowest BCUT2D eigenvalue weighted by atomic mass is 9.72. The summed E-state index contributed by atoms with van der Waals surface area (Å²) in [5, 5.41) is 0. The second kappa shape index (κ2) is 5.13. The molecule has 0 radical (unpaired) electrons. The van der Waals surface area contributed by atoms with E-state index in [9.17, 15) is 0 Å². The van der Waals surface area contributed by atoms with Gasteiger partial charge in [0, 0.05) is 18.6 Å². The van der Waals surface area contributed by atoms with Gasteiger partial charge in [-0.15, -0.1) is 0 Å². The first-order valence-electron chi connectivity index (χ1n) is 8.19. The zero-order valence-corrected chi connectivity index (χ0v) is 12.0. The molecule has 2 nitrogen and oxygen atoms in total. The minimum absolute atomic E-state index is 0.375. The number of nitrogens with two attached hydrogens (primary N) is 1. The van der Waals surface area contributed by atoms with Crippen LogP contribution < -0.4 is 5.73 Å². The van der Waals surface area contributed by atoms with Gasteiger partial charge in [0.15, 0.2) is 0 Å². The number of nitrogens with zero attached hydrogens (tertiary/aromatic N) is 1. The maximum Gasteiger partial charge on any atom is 0.0334 e. The van der Waals surface area contributed by atoms with Crippen molar-refractivity contribution >= 4 is 0 Å². The molecule has 0 spiro atoms. The molecule has 2 N–H and O–H groups in total. The topological polar surface area (TPSA) is 29.3 Å². The van der Waals surface area contributed by atoms with Gasteiger partial charge < -0.3 is 5.73 Å². The highest BCUT2D eigenvalue weighted by Crippen LogP contribution is 2.48. The van der Waals surface area contributed by atoms with Crippen LogP contribution in [0.5, 0.6) is 0 Å². The first kappa shape index (κ1) is 12.9. The average molecular weight is 250 g/mol. The summed E-state index contributed by atoms with van der Waals surface area (Å²) >= 11 is 0. The Hall–Kier alpha value is -0.0800. The van der Waals surface area contributed by atoms with E-state index in [1.807, 2.05) is 0 Å². The summed E-state index contributed by atoms with van der Waals surface area (Å²) < 4.78 is 0. The highest BCUT2D eigenvalue weighted by Gasteiger charge is 2.45. The van der Waals surface area contributed by atoms with Gasteiger partial charge in [0.25, 0.3) is 0 Å². The van der Waals surface area contributed by atoms with Crippen LogP contribution in [0.2, 0.25) is 0 Å². The summed E-state index contributed by atoms with van der Waals surface area (Å²) in [6.45, 7) is 5.91. The number of piperidine rings is 1. The Morgan fingerprint density at radius 3 is 2.61 bits per heavy atom. The summed E-state index contributed by atoms with van der Waals surface area (Å²) in [4.78, 5) is 2.79. The molecule has 2 aliphatic carbocycles. The van der Waals surface area contributed by atoms with Crippen LogP contribution in [0.25, 0.3) is 0 Å². The highest BCUT2D eigenvalue weighted by molar-refractivity contribution is 5.00. The zero-order valence-electron chi connectivity index (χ0n) is 12.0. The molecule has 3 aliphatic rings. The van der Waals surface area contributed by atoms with E-state index in [4.69, 9.17) is 5.73 Å². The van der Waals surface area contributed by atoms with Crippen LogP contribution in [-0.4, -0.2) is 30.1 Å². The Morgan fingerprint density at radius 1 is 1.11 bits per heavy atom. The third-order valence-electron chi connectivity index (χ3n) is 5.86. The van der Waals surface area contributed by atoms with Gasteiger partial charge in [-0.25, -0.2) is 0 Å². The Morgan fingerprint density at radius 2 is 1.94 bits per heavy atom. The van der Waals surface area contributed by atoms with Gasteiger partial charge in [-0.05, 0) is 62.8 Å². The molecule has 3 atom stereocenters. The molecule has 0 aromatic rings. The van der Waals surface area contributed by atoms with E-state index >= 15 is 0 Å². The SMILES string of the molecule is CC1CCCN(C2(CN)CCCC(C3CC3)C2)C1. The van der Waals surface area contributed by atoms with Crippen LogP contribution in [0.4, 0.5) is 0 Å². The Kier molecular flexibility index (Phi) is 3.68. The number of hydrogen-bond donors (Lipinski definition) is 1. The molecule has 0 bridgehead atoms. The predicted molar refractivity (Wildman–Crippen MR) is 76.4 cm³/mol. The molecule has 3 rings (SSSR count). The van der Waals surface area contributed by atoms with Gasteiger partial charge in [0.05, 0.1) is 0 Å². The Bertz CT molecular complexity index is 287. The third-order valence-corrected chi connectivity index (χ3v) is 5.86.